The molecule has 13 heteroatoms. The van der Waals surface area contributed by atoms with Gasteiger partial charge in [0.15, 0.2) is 19.9 Å². The van der Waals surface area contributed by atoms with Gasteiger partial charge in [0.05, 0.1) is 18.3 Å². The van der Waals surface area contributed by atoms with Crippen LogP contribution in [0.5, 0.6) is 5.75 Å². The Morgan fingerprint density at radius 3 is 2.37 bits per heavy atom. The molecule has 278 valence electrons. The van der Waals surface area contributed by atoms with Gasteiger partial charge < -0.3 is 29.9 Å². The average Bonchev–Trinajstić information content (AvgIpc) is 3.44. The fourth-order valence-electron chi connectivity index (χ4n) is 6.32. The number of halogens is 1. The first-order valence-electron chi connectivity index (χ1n) is 18.1. The van der Waals surface area contributed by atoms with Crippen LogP contribution in [-0.4, -0.2) is 90.7 Å². The van der Waals surface area contributed by atoms with E-state index in [0.29, 0.717) is 44.2 Å². The van der Waals surface area contributed by atoms with Gasteiger partial charge in [-0.25, -0.2) is 19.3 Å². The van der Waals surface area contributed by atoms with Crippen molar-refractivity contribution in [3.8, 4) is 16.9 Å². The lowest BCUT2D eigenvalue weighted by Crippen LogP contribution is -2.44. The summed E-state index contributed by atoms with van der Waals surface area (Å²) in [5, 5.41) is 3.25. The van der Waals surface area contributed by atoms with E-state index in [9.17, 15) is 4.79 Å². The monoisotopic (exact) mass is 721 g/mol. The number of hydrogen-bond donors (Lipinski definition) is 2. The zero-order valence-electron chi connectivity index (χ0n) is 31.5. The molecule has 0 saturated carbocycles. The zero-order valence-corrected chi connectivity index (χ0v) is 32.5. The normalized spacial score (nSPS) is 19.3. The molecule has 0 bridgehead atoms. The predicted molar refractivity (Wildman–Crippen MR) is 202 cm³/mol. The predicted octanol–water partition coefficient (Wildman–Crippen LogP) is 6.92. The number of nitrogens with one attached hydrogen (secondary N) is 1. The number of benzene rings is 1. The van der Waals surface area contributed by atoms with Crippen molar-refractivity contribution >= 4 is 31.7 Å². The number of esters is 1. The number of anilines is 3. The standard InChI is InChI=1S/C38H56FN7O4Si/c1-37(2,3)49-34(47)25-45-18-14-29(15-19-45)48-32-11-9-10-31(35(32)39)44-33-20-26(13-17-41-33)27-22-42-36(43-23-27)46-24-30(21-28(46)12-16-40)50-51(7,8)38(4,5)6/h9-11,13,17,20,22-23,28-30H,12,14-16,18-19,21,24-25,40H2,1-8H3,(H,41,44). The van der Waals surface area contributed by atoms with Gasteiger partial charge in [-0.3, -0.25) is 9.69 Å². The van der Waals surface area contributed by atoms with E-state index in [4.69, 9.17) is 29.6 Å². The van der Waals surface area contributed by atoms with Gasteiger partial charge in [-0.05, 0) is 101 Å². The summed E-state index contributed by atoms with van der Waals surface area (Å²) < 4.78 is 34.0. The van der Waals surface area contributed by atoms with Crippen LogP contribution in [0, 0.1) is 5.82 Å². The van der Waals surface area contributed by atoms with Gasteiger partial charge in [0, 0.05) is 49.8 Å². The van der Waals surface area contributed by atoms with Crippen LogP contribution < -0.4 is 20.7 Å². The molecular weight excluding hydrogens is 666 g/mol. The molecule has 2 fully saturated rings. The molecule has 51 heavy (non-hydrogen) atoms. The number of carbonyl (C=O) groups excluding carboxylic acids is 1. The molecule has 1 aromatic carbocycles. The Morgan fingerprint density at radius 1 is 1.02 bits per heavy atom. The van der Waals surface area contributed by atoms with E-state index >= 15 is 4.39 Å². The van der Waals surface area contributed by atoms with Crippen molar-refractivity contribution in [2.24, 2.45) is 5.73 Å². The highest BCUT2D eigenvalue weighted by molar-refractivity contribution is 6.74. The van der Waals surface area contributed by atoms with Crippen LogP contribution in [0.3, 0.4) is 0 Å². The molecule has 0 amide bonds. The number of carbonyl (C=O) groups is 1. The van der Waals surface area contributed by atoms with E-state index in [1.54, 1.807) is 24.4 Å². The first-order valence-corrected chi connectivity index (χ1v) is 21.0. The van der Waals surface area contributed by atoms with Gasteiger partial charge in [0.2, 0.25) is 5.95 Å². The first-order chi connectivity index (χ1) is 24.0. The lowest BCUT2D eigenvalue weighted by Gasteiger charge is -2.38. The number of rotatable bonds is 12. The summed E-state index contributed by atoms with van der Waals surface area (Å²) >= 11 is 0. The molecule has 5 rings (SSSR count). The van der Waals surface area contributed by atoms with E-state index in [0.717, 1.165) is 30.5 Å². The van der Waals surface area contributed by atoms with Crippen molar-refractivity contribution in [2.75, 3.05) is 42.9 Å². The molecule has 0 aliphatic carbocycles. The van der Waals surface area contributed by atoms with Crippen molar-refractivity contribution in [2.45, 2.75) is 109 Å². The van der Waals surface area contributed by atoms with E-state index in [-0.39, 0.29) is 47.2 Å². The van der Waals surface area contributed by atoms with Gasteiger partial charge in [0.1, 0.15) is 17.5 Å². The van der Waals surface area contributed by atoms with E-state index in [1.807, 2.05) is 50.2 Å². The Labute approximate surface area is 303 Å². The number of pyridine rings is 1. The summed E-state index contributed by atoms with van der Waals surface area (Å²) in [6, 6.07) is 9.00. The fraction of sp³-hybridized carbons (Fsp3) is 0.579. The van der Waals surface area contributed by atoms with Crippen molar-refractivity contribution in [3.05, 3.63) is 54.7 Å². The highest BCUT2D eigenvalue weighted by Gasteiger charge is 2.43. The quantitative estimate of drug-likeness (QED) is 0.149. The summed E-state index contributed by atoms with van der Waals surface area (Å²) in [7, 11) is -1.93. The molecule has 4 heterocycles. The maximum absolute atomic E-state index is 15.7. The molecular formula is C38H56FN7O4Si. The van der Waals surface area contributed by atoms with Crippen molar-refractivity contribution in [1.82, 2.24) is 19.9 Å². The Bertz CT molecular complexity index is 1620. The molecule has 0 spiro atoms. The maximum Gasteiger partial charge on any atom is 0.320 e. The number of nitrogens with zero attached hydrogens (tertiary/aromatic N) is 5. The number of aromatic nitrogens is 3. The Kier molecular flexibility index (Phi) is 12.0. The minimum absolute atomic E-state index is 0.118. The molecule has 2 aromatic heterocycles. The van der Waals surface area contributed by atoms with E-state index in [2.05, 4.69) is 49.1 Å². The molecule has 2 aliphatic heterocycles. The maximum atomic E-state index is 15.7. The molecule has 2 saturated heterocycles. The number of piperidine rings is 1. The first kappa shape index (κ1) is 38.6. The summed E-state index contributed by atoms with van der Waals surface area (Å²) in [4.78, 5) is 30.5. The van der Waals surface area contributed by atoms with Gasteiger partial charge in [0.25, 0.3) is 0 Å². The largest absolute Gasteiger partial charge is 0.487 e. The van der Waals surface area contributed by atoms with E-state index in [1.165, 1.54) is 0 Å². The summed E-state index contributed by atoms with van der Waals surface area (Å²) in [5.74, 6) is 0.600. The second-order valence-electron chi connectivity index (χ2n) is 16.2. The van der Waals surface area contributed by atoms with Crippen molar-refractivity contribution in [3.63, 3.8) is 0 Å². The number of nitrogens with two attached hydrogens (primary N) is 1. The summed E-state index contributed by atoms with van der Waals surface area (Å²) in [6.45, 7) is 19.8. The van der Waals surface area contributed by atoms with Crippen molar-refractivity contribution in [1.29, 1.82) is 0 Å². The molecule has 2 atom stereocenters. The van der Waals surface area contributed by atoms with Crippen LogP contribution in [0.25, 0.3) is 11.1 Å². The third-order valence-electron chi connectivity index (χ3n) is 9.96. The Balaban J connectivity index is 1.20. The van der Waals surface area contributed by atoms with Crippen molar-refractivity contribution < 1.29 is 23.1 Å². The smallest absolute Gasteiger partial charge is 0.320 e. The fourth-order valence-corrected chi connectivity index (χ4v) is 7.68. The molecule has 2 aliphatic rings. The zero-order chi connectivity index (χ0) is 37.0. The van der Waals surface area contributed by atoms with Crippen LogP contribution in [0.15, 0.2) is 48.9 Å². The minimum atomic E-state index is -1.93. The van der Waals surface area contributed by atoms with Gasteiger partial charge in [-0.2, -0.15) is 0 Å². The van der Waals surface area contributed by atoms with Gasteiger partial charge in [-0.15, -0.1) is 0 Å². The van der Waals surface area contributed by atoms with Crippen LogP contribution >= 0.6 is 0 Å². The topological polar surface area (TPSA) is 128 Å². The molecule has 3 aromatic rings. The minimum Gasteiger partial charge on any atom is -0.487 e. The lowest BCUT2D eigenvalue weighted by molar-refractivity contribution is -0.156. The average molecular weight is 722 g/mol. The lowest BCUT2D eigenvalue weighted by atomic mass is 10.1. The van der Waals surface area contributed by atoms with Gasteiger partial charge >= 0.3 is 5.97 Å². The van der Waals surface area contributed by atoms with Crippen LogP contribution in [0.4, 0.5) is 21.8 Å². The highest BCUT2D eigenvalue weighted by atomic mass is 28.4. The second kappa shape index (κ2) is 15.9. The summed E-state index contributed by atoms with van der Waals surface area (Å²) in [5.41, 5.74) is 7.42. The van der Waals surface area contributed by atoms with Crippen LogP contribution in [-0.2, 0) is 14.0 Å². The third kappa shape index (κ3) is 10.2. The van der Waals surface area contributed by atoms with Crippen LogP contribution in [0.1, 0.15) is 67.2 Å². The summed E-state index contributed by atoms with van der Waals surface area (Å²) in [6.07, 6.45) is 8.39. The SMILES string of the molecule is CC(C)(C)OC(=O)CN1CCC(Oc2cccc(Nc3cc(-c4cnc(N5CC(O[Si](C)(C)C(C)(C)C)CC5CCN)nc4)ccn3)c2F)CC1. The second-order valence-corrected chi connectivity index (χ2v) is 21.0. The third-order valence-corrected chi connectivity index (χ3v) is 14.5. The number of likely N-dealkylation sites (tertiary alicyclic amines) is 1. The highest BCUT2D eigenvalue weighted by Crippen LogP contribution is 2.39. The molecule has 11 nitrogen and oxygen atoms in total. The molecule has 2 unspecified atom stereocenters. The van der Waals surface area contributed by atoms with Gasteiger partial charge in [-0.1, -0.05) is 26.8 Å². The molecule has 3 N–H and O–H groups in total. The number of hydrogen-bond acceptors (Lipinski definition) is 11. The Morgan fingerprint density at radius 2 is 1.73 bits per heavy atom. The Hall–Kier alpha value is -3.65. The molecule has 0 radical (unpaired) electrons. The number of ether oxygens (including phenoxy) is 2. The van der Waals surface area contributed by atoms with Crippen LogP contribution in [0.2, 0.25) is 18.1 Å². The van der Waals surface area contributed by atoms with E-state index < -0.39 is 19.7 Å².